The van der Waals surface area contributed by atoms with Gasteiger partial charge in [-0.3, -0.25) is 9.59 Å². The lowest BCUT2D eigenvalue weighted by atomic mass is 10.2. The summed E-state index contributed by atoms with van der Waals surface area (Å²) in [5, 5.41) is 0.512. The summed E-state index contributed by atoms with van der Waals surface area (Å²) in [6.45, 7) is 2.35. The fraction of sp³-hybridized carbons (Fsp3) is 0.111. The summed E-state index contributed by atoms with van der Waals surface area (Å²) in [5.41, 5.74) is 1.19. The number of hydrogen-bond acceptors (Lipinski definition) is 3. The molecule has 0 aromatic heterocycles. The lowest BCUT2D eigenvalue weighted by Gasteiger charge is -2.24. The second-order valence-corrected chi connectivity index (χ2v) is 6.57. The number of carbonyl (C=O) groups is 2. The molecule has 128 valence electrons. The smallest absolute Gasteiger partial charge is 0.283 e. The molecule has 0 saturated carbocycles. The van der Waals surface area contributed by atoms with Crippen molar-refractivity contribution in [2.75, 3.05) is 16.3 Å². The molecule has 4 nitrogen and oxygen atoms in total. The summed E-state index contributed by atoms with van der Waals surface area (Å²) in [7, 11) is 0. The van der Waals surface area contributed by atoms with Gasteiger partial charge in [-0.1, -0.05) is 53.0 Å². The van der Waals surface area contributed by atoms with E-state index in [0.717, 1.165) is 10.6 Å². The minimum Gasteiger partial charge on any atom is -0.336 e. The van der Waals surface area contributed by atoms with Crippen molar-refractivity contribution in [3.05, 3.63) is 69.3 Å². The number of likely N-dealkylation sites (N-methyl/N-ethyl adjacent to an activating group) is 1. The van der Waals surface area contributed by atoms with E-state index >= 15 is 0 Å². The predicted octanol–water partition coefficient (Wildman–Crippen LogP) is 4.84. The lowest BCUT2D eigenvalue weighted by Crippen LogP contribution is -2.35. The van der Waals surface area contributed by atoms with Gasteiger partial charge in [0.1, 0.15) is 10.7 Å². The van der Waals surface area contributed by atoms with Crippen LogP contribution in [0.15, 0.2) is 59.3 Å². The Kier molecular flexibility index (Phi) is 5.04. The molecule has 0 fully saturated rings. The number of nitrogens with zero attached hydrogens (tertiary/aromatic N) is 2. The quantitative estimate of drug-likeness (QED) is 0.695. The molecule has 3 rings (SSSR count). The van der Waals surface area contributed by atoms with E-state index in [1.165, 1.54) is 18.2 Å². The molecule has 0 radical (unpaired) electrons. The average Bonchev–Trinajstić information content (AvgIpc) is 2.79. The number of para-hydroxylation sites is 1. The zero-order chi connectivity index (χ0) is 18.1. The van der Waals surface area contributed by atoms with Crippen LogP contribution in [0.4, 0.5) is 11.4 Å². The van der Waals surface area contributed by atoms with Crippen LogP contribution in [0, 0.1) is 0 Å². The van der Waals surface area contributed by atoms with Gasteiger partial charge in [0.25, 0.3) is 11.8 Å². The first kappa shape index (κ1) is 17.8. The number of benzene rings is 2. The van der Waals surface area contributed by atoms with Crippen molar-refractivity contribution in [3.8, 4) is 0 Å². The van der Waals surface area contributed by atoms with Gasteiger partial charge in [0.2, 0.25) is 0 Å². The van der Waals surface area contributed by atoms with Crippen LogP contribution in [0.1, 0.15) is 6.92 Å². The molecule has 2 aromatic carbocycles. The highest BCUT2D eigenvalue weighted by molar-refractivity contribution is 6.53. The highest BCUT2D eigenvalue weighted by Crippen LogP contribution is 2.35. The molecule has 0 N–H and O–H groups in total. The first-order chi connectivity index (χ1) is 11.9. The standard InChI is InChI=1S/C18H13Cl3N2O2/c1-2-22(13-6-4-3-5-7-13)16-15(21)17(24)23(18(16)25)14-9-11(19)8-12(20)10-14/h3-10H,2H2,1H3. The molecule has 0 aliphatic carbocycles. The van der Waals surface area contributed by atoms with Gasteiger partial charge in [-0.05, 0) is 37.3 Å². The number of hydrogen-bond donors (Lipinski definition) is 0. The third kappa shape index (κ3) is 3.25. The number of amides is 2. The van der Waals surface area contributed by atoms with E-state index in [9.17, 15) is 9.59 Å². The van der Waals surface area contributed by atoms with Crippen LogP contribution in [0.5, 0.6) is 0 Å². The lowest BCUT2D eigenvalue weighted by molar-refractivity contribution is -0.120. The Morgan fingerprint density at radius 2 is 1.52 bits per heavy atom. The van der Waals surface area contributed by atoms with Crippen LogP contribution >= 0.6 is 34.8 Å². The predicted molar refractivity (Wildman–Crippen MR) is 101 cm³/mol. The molecule has 0 saturated heterocycles. The minimum absolute atomic E-state index is 0.133. The first-order valence-corrected chi connectivity index (χ1v) is 8.64. The van der Waals surface area contributed by atoms with Crippen LogP contribution < -0.4 is 9.80 Å². The van der Waals surface area contributed by atoms with Crippen LogP contribution in [0.3, 0.4) is 0 Å². The largest absolute Gasteiger partial charge is 0.336 e. The Bertz CT molecular complexity index is 861. The van der Waals surface area contributed by atoms with Crippen molar-refractivity contribution in [2.24, 2.45) is 0 Å². The summed E-state index contributed by atoms with van der Waals surface area (Å²) in [5.74, 6) is -1.12. The molecule has 7 heteroatoms. The molecule has 2 aromatic rings. The van der Waals surface area contributed by atoms with E-state index in [-0.39, 0.29) is 16.4 Å². The van der Waals surface area contributed by atoms with Crippen molar-refractivity contribution in [1.82, 2.24) is 0 Å². The highest BCUT2D eigenvalue weighted by atomic mass is 35.5. The number of rotatable bonds is 4. The van der Waals surface area contributed by atoms with Crippen LogP contribution in [-0.2, 0) is 9.59 Å². The number of carbonyl (C=O) groups excluding carboxylic acids is 2. The van der Waals surface area contributed by atoms with Crippen molar-refractivity contribution in [1.29, 1.82) is 0 Å². The summed E-state index contributed by atoms with van der Waals surface area (Å²) in [4.78, 5) is 28.3. The van der Waals surface area contributed by atoms with Gasteiger partial charge in [0, 0.05) is 22.3 Å². The zero-order valence-electron chi connectivity index (χ0n) is 13.2. The molecule has 0 bridgehead atoms. The molecule has 1 aliphatic heterocycles. The van der Waals surface area contributed by atoms with E-state index in [0.29, 0.717) is 16.6 Å². The third-order valence-electron chi connectivity index (χ3n) is 3.76. The second-order valence-electron chi connectivity index (χ2n) is 5.32. The maximum absolute atomic E-state index is 13.0. The summed E-state index contributed by atoms with van der Waals surface area (Å²) >= 11 is 18.2. The van der Waals surface area contributed by atoms with Gasteiger partial charge < -0.3 is 4.90 Å². The van der Waals surface area contributed by atoms with Gasteiger partial charge in [-0.2, -0.15) is 0 Å². The first-order valence-electron chi connectivity index (χ1n) is 7.51. The molecular formula is C18H13Cl3N2O2. The van der Waals surface area contributed by atoms with E-state index in [2.05, 4.69) is 0 Å². The number of anilines is 2. The topological polar surface area (TPSA) is 40.6 Å². The highest BCUT2D eigenvalue weighted by Gasteiger charge is 2.41. The molecule has 0 unspecified atom stereocenters. The zero-order valence-corrected chi connectivity index (χ0v) is 15.4. The monoisotopic (exact) mass is 394 g/mol. The third-order valence-corrected chi connectivity index (χ3v) is 4.54. The molecule has 0 atom stereocenters. The second kappa shape index (κ2) is 7.08. The normalized spacial score (nSPS) is 14.5. The summed E-state index contributed by atoms with van der Waals surface area (Å²) in [6.07, 6.45) is 0. The molecule has 1 aliphatic rings. The summed E-state index contributed by atoms with van der Waals surface area (Å²) in [6, 6.07) is 13.8. The van der Waals surface area contributed by atoms with E-state index < -0.39 is 11.8 Å². The molecule has 1 heterocycles. The molecule has 0 spiro atoms. The maximum atomic E-state index is 13.0. The Labute approximate surface area is 160 Å². The van der Waals surface area contributed by atoms with E-state index in [4.69, 9.17) is 34.8 Å². The average molecular weight is 396 g/mol. The van der Waals surface area contributed by atoms with Crippen molar-refractivity contribution in [2.45, 2.75) is 6.92 Å². The maximum Gasteiger partial charge on any atom is 0.283 e. The Morgan fingerprint density at radius 1 is 0.920 bits per heavy atom. The van der Waals surface area contributed by atoms with Crippen LogP contribution in [0.2, 0.25) is 10.0 Å². The Hall–Kier alpha value is -2.01. The number of imide groups is 1. The van der Waals surface area contributed by atoms with Gasteiger partial charge in [-0.15, -0.1) is 0 Å². The molecule has 2 amide bonds. The summed E-state index contributed by atoms with van der Waals surface area (Å²) < 4.78 is 0. The number of halogens is 3. The SMILES string of the molecule is CCN(C1=C(Cl)C(=O)N(c2cc(Cl)cc(Cl)c2)C1=O)c1ccccc1. The van der Waals surface area contributed by atoms with Gasteiger partial charge >= 0.3 is 0 Å². The van der Waals surface area contributed by atoms with Crippen LogP contribution in [0.25, 0.3) is 0 Å². The van der Waals surface area contributed by atoms with Crippen LogP contribution in [-0.4, -0.2) is 18.4 Å². The van der Waals surface area contributed by atoms with E-state index in [1.54, 1.807) is 4.90 Å². The Morgan fingerprint density at radius 3 is 2.08 bits per heavy atom. The van der Waals surface area contributed by atoms with Gasteiger partial charge in [0.15, 0.2) is 0 Å². The molecule has 25 heavy (non-hydrogen) atoms. The molecular weight excluding hydrogens is 383 g/mol. The van der Waals surface area contributed by atoms with Gasteiger partial charge in [-0.25, -0.2) is 4.90 Å². The van der Waals surface area contributed by atoms with Crippen molar-refractivity contribution < 1.29 is 9.59 Å². The fourth-order valence-electron chi connectivity index (χ4n) is 2.71. The minimum atomic E-state index is -0.602. The van der Waals surface area contributed by atoms with Crippen molar-refractivity contribution >= 4 is 58.0 Å². The van der Waals surface area contributed by atoms with Crippen molar-refractivity contribution in [3.63, 3.8) is 0 Å². The van der Waals surface area contributed by atoms with E-state index in [1.807, 2.05) is 37.3 Å². The Balaban J connectivity index is 2.05. The van der Waals surface area contributed by atoms with Gasteiger partial charge in [0.05, 0.1) is 5.69 Å². The fourth-order valence-corrected chi connectivity index (χ4v) is 3.49.